The van der Waals surface area contributed by atoms with Crippen molar-refractivity contribution in [1.29, 1.82) is 0 Å². The number of hydrogen-bond donors (Lipinski definition) is 2. The molecule has 0 bridgehead atoms. The molecule has 0 radical (unpaired) electrons. The number of rotatable bonds is 4. The van der Waals surface area contributed by atoms with Gasteiger partial charge in [0.1, 0.15) is 0 Å². The number of carbonyl (C=O) groups excluding carboxylic acids is 2. The lowest BCUT2D eigenvalue weighted by Gasteiger charge is -2.31. The SMILES string of the molecule is O=C1NCN(Cc2cccc(NC(=O)C3CCOC3)c2)c2ccccc21. The van der Waals surface area contributed by atoms with Gasteiger partial charge in [0.15, 0.2) is 0 Å². The lowest BCUT2D eigenvalue weighted by atomic mass is 10.1. The van der Waals surface area contributed by atoms with Crippen LogP contribution in [-0.2, 0) is 16.1 Å². The van der Waals surface area contributed by atoms with E-state index in [0.29, 0.717) is 32.0 Å². The molecule has 2 aromatic rings. The Kier molecular flexibility index (Phi) is 4.58. The van der Waals surface area contributed by atoms with Gasteiger partial charge >= 0.3 is 0 Å². The van der Waals surface area contributed by atoms with Crippen molar-refractivity contribution in [3.63, 3.8) is 0 Å². The van der Waals surface area contributed by atoms with Crippen LogP contribution in [0.4, 0.5) is 11.4 Å². The monoisotopic (exact) mass is 351 g/mol. The standard InChI is InChI=1S/C20H21N3O3/c24-19(15-8-9-26-12-15)22-16-5-3-4-14(10-16)11-23-13-21-20(25)17-6-1-2-7-18(17)23/h1-7,10,15H,8-9,11-13H2,(H,21,25)(H,22,24). The van der Waals surface area contributed by atoms with E-state index < -0.39 is 0 Å². The van der Waals surface area contributed by atoms with Crippen molar-refractivity contribution in [3.05, 3.63) is 59.7 Å². The zero-order chi connectivity index (χ0) is 17.9. The zero-order valence-corrected chi connectivity index (χ0v) is 14.4. The van der Waals surface area contributed by atoms with E-state index in [4.69, 9.17) is 4.74 Å². The van der Waals surface area contributed by atoms with Gasteiger partial charge in [0, 0.05) is 18.8 Å². The number of carbonyl (C=O) groups is 2. The van der Waals surface area contributed by atoms with E-state index in [1.165, 1.54) is 0 Å². The van der Waals surface area contributed by atoms with Crippen molar-refractivity contribution >= 4 is 23.2 Å². The summed E-state index contributed by atoms with van der Waals surface area (Å²) < 4.78 is 5.28. The van der Waals surface area contributed by atoms with Crippen LogP contribution < -0.4 is 15.5 Å². The zero-order valence-electron chi connectivity index (χ0n) is 14.4. The topological polar surface area (TPSA) is 70.7 Å². The first kappa shape index (κ1) is 16.6. The molecule has 1 fully saturated rings. The summed E-state index contributed by atoms with van der Waals surface area (Å²) in [6.45, 7) is 2.26. The number of fused-ring (bicyclic) bond motifs is 1. The molecule has 2 aliphatic heterocycles. The highest BCUT2D eigenvalue weighted by Crippen LogP contribution is 2.25. The average Bonchev–Trinajstić information content (AvgIpc) is 3.20. The molecule has 2 heterocycles. The third-order valence-corrected chi connectivity index (χ3v) is 4.79. The molecule has 6 heteroatoms. The van der Waals surface area contributed by atoms with E-state index in [1.807, 2.05) is 48.5 Å². The molecule has 4 rings (SSSR count). The normalized spacial score (nSPS) is 19.0. The predicted octanol–water partition coefficient (Wildman–Crippen LogP) is 2.37. The molecule has 2 aromatic carbocycles. The molecule has 0 spiro atoms. The minimum Gasteiger partial charge on any atom is -0.381 e. The Morgan fingerprint density at radius 2 is 2.12 bits per heavy atom. The van der Waals surface area contributed by atoms with Gasteiger partial charge in [-0.1, -0.05) is 24.3 Å². The summed E-state index contributed by atoms with van der Waals surface area (Å²) in [5.74, 6) is -0.102. The van der Waals surface area contributed by atoms with Crippen LogP contribution in [0.5, 0.6) is 0 Å². The van der Waals surface area contributed by atoms with Crippen LogP contribution in [0.3, 0.4) is 0 Å². The van der Waals surface area contributed by atoms with Crippen LogP contribution in [0.15, 0.2) is 48.5 Å². The Hall–Kier alpha value is -2.86. The van der Waals surface area contributed by atoms with Crippen LogP contribution in [0.1, 0.15) is 22.3 Å². The maximum atomic E-state index is 12.3. The molecule has 0 aliphatic carbocycles. The molecule has 2 N–H and O–H groups in total. The van der Waals surface area contributed by atoms with E-state index >= 15 is 0 Å². The number of hydrogen-bond acceptors (Lipinski definition) is 4. The summed E-state index contributed by atoms with van der Waals surface area (Å²) >= 11 is 0. The predicted molar refractivity (Wildman–Crippen MR) is 99.0 cm³/mol. The number of para-hydroxylation sites is 1. The van der Waals surface area contributed by atoms with Crippen molar-refractivity contribution in [2.45, 2.75) is 13.0 Å². The van der Waals surface area contributed by atoms with Gasteiger partial charge in [-0.25, -0.2) is 0 Å². The molecule has 1 unspecified atom stereocenters. The molecule has 6 nitrogen and oxygen atoms in total. The quantitative estimate of drug-likeness (QED) is 0.887. The molecular formula is C20H21N3O3. The smallest absolute Gasteiger partial charge is 0.254 e. The summed E-state index contributed by atoms with van der Waals surface area (Å²) in [6, 6.07) is 15.4. The van der Waals surface area contributed by atoms with E-state index in [9.17, 15) is 9.59 Å². The van der Waals surface area contributed by atoms with Crippen molar-refractivity contribution in [2.75, 3.05) is 30.1 Å². The second kappa shape index (κ2) is 7.17. The molecule has 0 aromatic heterocycles. The lowest BCUT2D eigenvalue weighted by Crippen LogP contribution is -2.42. The molecule has 1 atom stereocenters. The van der Waals surface area contributed by atoms with Gasteiger partial charge < -0.3 is 20.3 Å². The van der Waals surface area contributed by atoms with Gasteiger partial charge in [-0.3, -0.25) is 9.59 Å². The van der Waals surface area contributed by atoms with E-state index in [0.717, 1.165) is 23.4 Å². The first-order chi connectivity index (χ1) is 12.7. The summed E-state index contributed by atoms with van der Waals surface area (Å²) in [4.78, 5) is 26.4. The second-order valence-corrected chi connectivity index (χ2v) is 6.63. The summed E-state index contributed by atoms with van der Waals surface area (Å²) in [5.41, 5.74) is 3.46. The number of amides is 2. The van der Waals surface area contributed by atoms with E-state index in [2.05, 4.69) is 15.5 Å². The fourth-order valence-corrected chi connectivity index (χ4v) is 3.38. The van der Waals surface area contributed by atoms with Crippen LogP contribution >= 0.6 is 0 Å². The van der Waals surface area contributed by atoms with Crippen molar-refractivity contribution in [2.24, 2.45) is 5.92 Å². The average molecular weight is 351 g/mol. The number of anilines is 2. The van der Waals surface area contributed by atoms with Crippen LogP contribution in [0, 0.1) is 5.92 Å². The molecule has 26 heavy (non-hydrogen) atoms. The highest BCUT2D eigenvalue weighted by Gasteiger charge is 2.24. The summed E-state index contributed by atoms with van der Waals surface area (Å²) in [6.07, 6.45) is 0.774. The first-order valence-corrected chi connectivity index (χ1v) is 8.80. The molecular weight excluding hydrogens is 330 g/mol. The first-order valence-electron chi connectivity index (χ1n) is 8.80. The minimum atomic E-state index is -0.0668. The molecule has 1 saturated heterocycles. The Balaban J connectivity index is 1.48. The van der Waals surface area contributed by atoms with Gasteiger partial charge in [-0.2, -0.15) is 0 Å². The molecule has 134 valence electrons. The second-order valence-electron chi connectivity index (χ2n) is 6.63. The Morgan fingerprint density at radius 3 is 2.96 bits per heavy atom. The highest BCUT2D eigenvalue weighted by molar-refractivity contribution is 6.01. The largest absolute Gasteiger partial charge is 0.381 e. The number of ether oxygens (including phenoxy) is 1. The molecule has 2 aliphatic rings. The van der Waals surface area contributed by atoms with Gasteiger partial charge in [0.2, 0.25) is 5.91 Å². The fraction of sp³-hybridized carbons (Fsp3) is 0.300. The van der Waals surface area contributed by atoms with E-state index in [-0.39, 0.29) is 17.7 Å². The van der Waals surface area contributed by atoms with Crippen molar-refractivity contribution in [3.8, 4) is 0 Å². The third kappa shape index (κ3) is 3.41. The lowest BCUT2D eigenvalue weighted by molar-refractivity contribution is -0.119. The number of nitrogens with one attached hydrogen (secondary N) is 2. The van der Waals surface area contributed by atoms with Crippen molar-refractivity contribution in [1.82, 2.24) is 5.32 Å². The van der Waals surface area contributed by atoms with E-state index in [1.54, 1.807) is 0 Å². The Morgan fingerprint density at radius 1 is 1.23 bits per heavy atom. The van der Waals surface area contributed by atoms with Gasteiger partial charge in [0.05, 0.1) is 30.4 Å². The Bertz CT molecular complexity index is 831. The highest BCUT2D eigenvalue weighted by atomic mass is 16.5. The van der Waals surface area contributed by atoms with Gasteiger partial charge in [-0.15, -0.1) is 0 Å². The number of nitrogens with zero attached hydrogens (tertiary/aromatic N) is 1. The molecule has 0 saturated carbocycles. The van der Waals surface area contributed by atoms with Gasteiger partial charge in [-0.05, 0) is 36.2 Å². The Labute approximate surface area is 152 Å². The maximum absolute atomic E-state index is 12.3. The fourth-order valence-electron chi connectivity index (χ4n) is 3.38. The maximum Gasteiger partial charge on any atom is 0.254 e. The summed E-state index contributed by atoms with van der Waals surface area (Å²) in [7, 11) is 0. The third-order valence-electron chi connectivity index (χ3n) is 4.79. The van der Waals surface area contributed by atoms with Crippen molar-refractivity contribution < 1.29 is 14.3 Å². The van der Waals surface area contributed by atoms with Gasteiger partial charge in [0.25, 0.3) is 5.91 Å². The summed E-state index contributed by atoms with van der Waals surface area (Å²) in [5, 5.41) is 5.88. The minimum absolute atomic E-state index is 0.00947. The molecule has 2 amide bonds. The van der Waals surface area contributed by atoms with Crippen LogP contribution in [0.2, 0.25) is 0 Å². The number of benzene rings is 2. The van der Waals surface area contributed by atoms with Crippen LogP contribution in [0.25, 0.3) is 0 Å². The van der Waals surface area contributed by atoms with Crippen LogP contribution in [-0.4, -0.2) is 31.7 Å².